The summed E-state index contributed by atoms with van der Waals surface area (Å²) in [4.78, 5) is 2.16. The van der Waals surface area contributed by atoms with Gasteiger partial charge in [0.2, 0.25) is 0 Å². The van der Waals surface area contributed by atoms with Crippen LogP contribution < -0.4 is 5.73 Å². The molecule has 3 N–H and O–H groups in total. The second kappa shape index (κ2) is 6.38. The number of hydrogen-bond donors (Lipinski definition) is 2. The topological polar surface area (TPSA) is 49.5 Å². The van der Waals surface area contributed by atoms with E-state index in [4.69, 9.17) is 5.73 Å². The molecule has 86 valence electrons. The smallest absolute Gasteiger partial charge is 0.0601 e. The molecule has 0 aliphatic heterocycles. The molecular weight excluding hydrogens is 176 g/mol. The van der Waals surface area contributed by atoms with E-state index in [1.54, 1.807) is 0 Å². The highest BCUT2D eigenvalue weighted by atomic mass is 16.3. The lowest BCUT2D eigenvalue weighted by Gasteiger charge is -2.34. The van der Waals surface area contributed by atoms with Crippen molar-refractivity contribution in [3.63, 3.8) is 0 Å². The molecule has 0 heterocycles. The maximum Gasteiger partial charge on any atom is 0.0601 e. The van der Waals surface area contributed by atoms with E-state index < -0.39 is 0 Å². The average molecular weight is 202 g/mol. The minimum Gasteiger partial charge on any atom is -0.395 e. The molecule has 0 radical (unpaired) electrons. The summed E-state index contributed by atoms with van der Waals surface area (Å²) in [6, 6.07) is 0.126. The quantitative estimate of drug-likeness (QED) is 0.673. The Morgan fingerprint density at radius 1 is 1.21 bits per heavy atom. The summed E-state index contributed by atoms with van der Waals surface area (Å²) >= 11 is 0. The zero-order chi connectivity index (χ0) is 11.3. The fraction of sp³-hybridized carbons (Fsp3) is 1.00. The predicted octanol–water partition coefficient (Wildman–Crippen LogP) is 0.918. The molecule has 0 aromatic rings. The Labute approximate surface area is 88.3 Å². The first-order valence-corrected chi connectivity index (χ1v) is 5.46. The van der Waals surface area contributed by atoms with Crippen molar-refractivity contribution in [2.45, 2.75) is 39.8 Å². The summed E-state index contributed by atoms with van der Waals surface area (Å²) in [6.07, 6.45) is 0. The van der Waals surface area contributed by atoms with Gasteiger partial charge in [-0.1, -0.05) is 27.7 Å². The first-order valence-electron chi connectivity index (χ1n) is 5.46. The molecule has 0 aromatic carbocycles. The van der Waals surface area contributed by atoms with Crippen LogP contribution in [0.2, 0.25) is 0 Å². The normalized spacial score (nSPS) is 16.7. The molecule has 3 nitrogen and oxygen atoms in total. The summed E-state index contributed by atoms with van der Waals surface area (Å²) in [5.41, 5.74) is 6.05. The molecule has 0 fully saturated rings. The minimum atomic E-state index is 0.0451. The van der Waals surface area contributed by atoms with Crippen molar-refractivity contribution >= 4 is 0 Å². The van der Waals surface area contributed by atoms with Crippen molar-refractivity contribution in [1.29, 1.82) is 0 Å². The Morgan fingerprint density at radius 3 is 2.00 bits per heavy atom. The molecule has 2 atom stereocenters. The summed E-state index contributed by atoms with van der Waals surface area (Å²) in [6.45, 7) is 9.65. The molecule has 0 spiro atoms. The molecule has 0 saturated carbocycles. The van der Waals surface area contributed by atoms with E-state index in [0.717, 1.165) is 6.54 Å². The highest BCUT2D eigenvalue weighted by Gasteiger charge is 2.24. The third-order valence-corrected chi connectivity index (χ3v) is 2.62. The van der Waals surface area contributed by atoms with Crippen LogP contribution in [0.3, 0.4) is 0 Å². The zero-order valence-electron chi connectivity index (χ0n) is 10.2. The fourth-order valence-electron chi connectivity index (χ4n) is 1.71. The van der Waals surface area contributed by atoms with Crippen LogP contribution >= 0.6 is 0 Å². The number of likely N-dealkylation sites (N-methyl/N-ethyl adjacent to an activating group) is 1. The average Bonchev–Trinajstić information content (AvgIpc) is 2.03. The van der Waals surface area contributed by atoms with Gasteiger partial charge in [0.25, 0.3) is 0 Å². The van der Waals surface area contributed by atoms with E-state index in [0.29, 0.717) is 11.8 Å². The molecule has 14 heavy (non-hydrogen) atoms. The lowest BCUT2D eigenvalue weighted by molar-refractivity contribution is 0.104. The van der Waals surface area contributed by atoms with Gasteiger partial charge >= 0.3 is 0 Å². The highest BCUT2D eigenvalue weighted by Crippen LogP contribution is 2.10. The van der Waals surface area contributed by atoms with Crippen LogP contribution in [0.5, 0.6) is 0 Å². The van der Waals surface area contributed by atoms with Crippen molar-refractivity contribution in [2.24, 2.45) is 17.6 Å². The number of nitrogens with zero attached hydrogens (tertiary/aromatic N) is 1. The van der Waals surface area contributed by atoms with E-state index >= 15 is 0 Å². The maximum absolute atomic E-state index is 9.31. The van der Waals surface area contributed by atoms with Gasteiger partial charge in [-0.25, -0.2) is 0 Å². The number of rotatable bonds is 6. The second-order valence-corrected chi connectivity index (χ2v) is 4.90. The maximum atomic E-state index is 9.31. The van der Waals surface area contributed by atoms with Gasteiger partial charge in [0.1, 0.15) is 0 Å². The van der Waals surface area contributed by atoms with Crippen LogP contribution in [-0.2, 0) is 0 Å². The van der Waals surface area contributed by atoms with Crippen LogP contribution in [-0.4, -0.2) is 42.3 Å². The molecular formula is C11H26N2O. The summed E-state index contributed by atoms with van der Waals surface area (Å²) in [5, 5.41) is 9.31. The van der Waals surface area contributed by atoms with Crippen LogP contribution in [0.15, 0.2) is 0 Å². The summed E-state index contributed by atoms with van der Waals surface area (Å²) < 4.78 is 0. The Balaban J connectivity index is 4.24. The molecule has 0 amide bonds. The number of hydrogen-bond acceptors (Lipinski definition) is 3. The van der Waals surface area contributed by atoms with Crippen molar-refractivity contribution in [3.8, 4) is 0 Å². The summed E-state index contributed by atoms with van der Waals surface area (Å²) in [7, 11) is 2.03. The van der Waals surface area contributed by atoms with Crippen molar-refractivity contribution < 1.29 is 5.11 Å². The largest absolute Gasteiger partial charge is 0.395 e. The van der Waals surface area contributed by atoms with E-state index in [1.165, 1.54) is 0 Å². The Kier molecular flexibility index (Phi) is 6.33. The second-order valence-electron chi connectivity index (χ2n) is 4.90. The van der Waals surface area contributed by atoms with Gasteiger partial charge in [-0.2, -0.15) is 0 Å². The molecule has 0 aliphatic rings. The SMILES string of the molecule is CC(C)CN(C)C(CO)C(N)C(C)C. The Hall–Kier alpha value is -0.120. The van der Waals surface area contributed by atoms with Gasteiger partial charge in [-0.15, -0.1) is 0 Å². The molecule has 0 saturated heterocycles. The third-order valence-electron chi connectivity index (χ3n) is 2.62. The monoisotopic (exact) mass is 202 g/mol. The first-order chi connectivity index (χ1) is 6.40. The van der Waals surface area contributed by atoms with Crippen LogP contribution in [0.25, 0.3) is 0 Å². The molecule has 2 unspecified atom stereocenters. The van der Waals surface area contributed by atoms with E-state index in [9.17, 15) is 5.11 Å². The molecule has 0 rings (SSSR count). The highest BCUT2D eigenvalue weighted by molar-refractivity contribution is 4.82. The fourth-order valence-corrected chi connectivity index (χ4v) is 1.71. The van der Waals surface area contributed by atoms with Crippen LogP contribution in [0.1, 0.15) is 27.7 Å². The third kappa shape index (κ3) is 4.40. The standard InChI is InChI=1S/C11H26N2O/c1-8(2)6-13(5)10(7-14)11(12)9(3)4/h8-11,14H,6-7,12H2,1-5H3. The van der Waals surface area contributed by atoms with Gasteiger partial charge in [-0.3, -0.25) is 4.90 Å². The van der Waals surface area contributed by atoms with Gasteiger partial charge in [0, 0.05) is 18.6 Å². The summed E-state index contributed by atoms with van der Waals surface area (Å²) in [5.74, 6) is 1.01. The molecule has 0 aromatic heterocycles. The number of aliphatic hydroxyl groups is 1. The first kappa shape index (κ1) is 13.9. The predicted molar refractivity (Wildman–Crippen MR) is 61.2 cm³/mol. The number of nitrogens with two attached hydrogens (primary N) is 1. The lowest BCUT2D eigenvalue weighted by Crippen LogP contribution is -2.51. The number of aliphatic hydroxyl groups excluding tert-OH is 1. The Bertz CT molecular complexity index is 148. The Morgan fingerprint density at radius 2 is 1.71 bits per heavy atom. The van der Waals surface area contributed by atoms with Crippen molar-refractivity contribution in [1.82, 2.24) is 4.90 Å². The van der Waals surface area contributed by atoms with Gasteiger partial charge in [0.15, 0.2) is 0 Å². The van der Waals surface area contributed by atoms with Crippen LogP contribution in [0.4, 0.5) is 0 Å². The molecule has 3 heteroatoms. The van der Waals surface area contributed by atoms with E-state index in [2.05, 4.69) is 32.6 Å². The van der Waals surface area contributed by atoms with Gasteiger partial charge in [0.05, 0.1) is 6.61 Å². The van der Waals surface area contributed by atoms with Gasteiger partial charge < -0.3 is 10.8 Å². The molecule has 0 aliphatic carbocycles. The van der Waals surface area contributed by atoms with E-state index in [1.807, 2.05) is 7.05 Å². The molecule has 0 bridgehead atoms. The lowest BCUT2D eigenvalue weighted by atomic mass is 9.96. The van der Waals surface area contributed by atoms with Crippen molar-refractivity contribution in [2.75, 3.05) is 20.2 Å². The van der Waals surface area contributed by atoms with E-state index in [-0.39, 0.29) is 18.7 Å². The van der Waals surface area contributed by atoms with Gasteiger partial charge in [-0.05, 0) is 18.9 Å². The minimum absolute atomic E-state index is 0.0451. The van der Waals surface area contributed by atoms with Crippen LogP contribution in [0, 0.1) is 11.8 Å². The van der Waals surface area contributed by atoms with Crippen molar-refractivity contribution in [3.05, 3.63) is 0 Å². The zero-order valence-corrected chi connectivity index (χ0v) is 10.2.